The molecule has 0 saturated heterocycles. The van der Waals surface area contributed by atoms with Crippen LogP contribution in [0, 0.1) is 0 Å². The van der Waals surface area contributed by atoms with Gasteiger partial charge in [0.25, 0.3) is 8.68 Å². The average Bonchev–Trinajstić information content (AvgIpc) is 2.33. The number of nitrogens with zero attached hydrogens (tertiary/aromatic N) is 1. The maximum atomic E-state index is 11.6. The van der Waals surface area contributed by atoms with Crippen LogP contribution in [0.3, 0.4) is 0 Å². The molecule has 0 saturated carbocycles. The number of ether oxygens (including phenoxy) is 1. The molecule has 0 spiro atoms. The molecule has 0 aliphatic rings. The van der Waals surface area contributed by atoms with Gasteiger partial charge in [-0.25, -0.2) is 9.59 Å². The fourth-order valence-electron chi connectivity index (χ4n) is 1.23. The molecule has 0 aromatic rings. The topological polar surface area (TPSA) is 75.7 Å². The molecular formula is C12H22N2O4Si. The van der Waals surface area contributed by atoms with E-state index in [1.807, 2.05) is 0 Å². The van der Waals surface area contributed by atoms with Gasteiger partial charge in [-0.15, -0.1) is 0 Å². The average molecular weight is 286 g/mol. The standard InChI is InChI=1S/C12H22N2O4Si/c1-10(2)11(15)18-8-6-13-12(16)14(3)7-5-9-19(4)17/h1,5-9H2,2-4H3,(H,13,16). The van der Waals surface area contributed by atoms with Crippen LogP contribution in [0.4, 0.5) is 4.79 Å². The van der Waals surface area contributed by atoms with Crippen LogP contribution in [0.25, 0.3) is 0 Å². The third kappa shape index (κ3) is 9.12. The van der Waals surface area contributed by atoms with Crippen molar-refractivity contribution >= 4 is 20.7 Å². The van der Waals surface area contributed by atoms with Crippen molar-refractivity contribution in [3.63, 3.8) is 0 Å². The number of hydrogen-bond donors (Lipinski definition) is 1. The Labute approximate surface area is 115 Å². The maximum absolute atomic E-state index is 11.6. The summed E-state index contributed by atoms with van der Waals surface area (Å²) in [6.45, 7) is 7.66. The summed E-state index contributed by atoms with van der Waals surface area (Å²) in [6.07, 6.45) is 0.725. The SMILES string of the molecule is C=C(C)C(=O)OCCNC(=O)N(C)CCC[Si](C)=O. The van der Waals surface area contributed by atoms with Gasteiger partial charge in [-0.2, -0.15) is 0 Å². The van der Waals surface area contributed by atoms with Crippen LogP contribution in [0.2, 0.25) is 12.6 Å². The van der Waals surface area contributed by atoms with Crippen molar-refractivity contribution in [3.8, 4) is 0 Å². The van der Waals surface area contributed by atoms with Crippen molar-refractivity contribution in [2.75, 3.05) is 26.7 Å². The van der Waals surface area contributed by atoms with Crippen LogP contribution in [0.5, 0.6) is 0 Å². The second-order valence-electron chi connectivity index (χ2n) is 4.38. The first kappa shape index (κ1) is 17.5. The van der Waals surface area contributed by atoms with E-state index in [-0.39, 0.29) is 19.2 Å². The Bertz CT molecular complexity index is 358. The Kier molecular flexibility index (Phi) is 8.68. The minimum atomic E-state index is -1.47. The third-order valence-corrected chi connectivity index (χ3v) is 3.39. The van der Waals surface area contributed by atoms with Gasteiger partial charge in [0, 0.05) is 19.2 Å². The van der Waals surface area contributed by atoms with Gasteiger partial charge in [-0.3, -0.25) is 0 Å². The highest BCUT2D eigenvalue weighted by molar-refractivity contribution is 6.40. The molecule has 0 radical (unpaired) electrons. The predicted octanol–water partition coefficient (Wildman–Crippen LogP) is 1.19. The molecule has 0 aromatic carbocycles. The van der Waals surface area contributed by atoms with Crippen LogP contribution in [0.1, 0.15) is 13.3 Å². The van der Waals surface area contributed by atoms with E-state index in [0.717, 1.165) is 6.42 Å². The summed E-state index contributed by atoms with van der Waals surface area (Å²) >= 11 is 0. The fourth-order valence-corrected chi connectivity index (χ4v) is 1.88. The molecule has 7 heteroatoms. The molecular weight excluding hydrogens is 264 g/mol. The van der Waals surface area contributed by atoms with Crippen LogP contribution in [0.15, 0.2) is 12.2 Å². The van der Waals surface area contributed by atoms with E-state index in [9.17, 15) is 14.1 Å². The first-order valence-electron chi connectivity index (χ1n) is 6.15. The molecule has 0 aliphatic heterocycles. The monoisotopic (exact) mass is 286 g/mol. The number of hydrogen-bond acceptors (Lipinski definition) is 4. The molecule has 19 heavy (non-hydrogen) atoms. The number of carbonyl (C=O) groups excluding carboxylic acids is 2. The Morgan fingerprint density at radius 2 is 2.05 bits per heavy atom. The highest BCUT2D eigenvalue weighted by atomic mass is 28.3. The number of rotatable bonds is 8. The molecule has 0 aromatic heterocycles. The molecule has 0 unspecified atom stereocenters. The zero-order valence-corrected chi connectivity index (χ0v) is 12.8. The molecule has 0 bridgehead atoms. The van der Waals surface area contributed by atoms with Crippen molar-refractivity contribution in [2.45, 2.75) is 25.9 Å². The fraction of sp³-hybridized carbons (Fsp3) is 0.667. The Morgan fingerprint density at radius 3 is 2.58 bits per heavy atom. The van der Waals surface area contributed by atoms with E-state index in [0.29, 0.717) is 18.2 Å². The summed E-state index contributed by atoms with van der Waals surface area (Å²) in [5.41, 5.74) is 0.332. The highest BCUT2D eigenvalue weighted by Crippen LogP contribution is 1.95. The van der Waals surface area contributed by atoms with Crippen LogP contribution < -0.4 is 5.32 Å². The van der Waals surface area contributed by atoms with Gasteiger partial charge < -0.3 is 19.4 Å². The first-order chi connectivity index (χ1) is 8.84. The number of carbonyl (C=O) groups is 2. The minimum Gasteiger partial charge on any atom is -0.460 e. The summed E-state index contributed by atoms with van der Waals surface area (Å²) in [5.74, 6) is -0.462. The van der Waals surface area contributed by atoms with Gasteiger partial charge in [0.1, 0.15) is 6.61 Å². The maximum Gasteiger partial charge on any atom is 0.333 e. The minimum absolute atomic E-state index is 0.119. The Balaban J connectivity index is 3.70. The van der Waals surface area contributed by atoms with Crippen LogP contribution >= 0.6 is 0 Å². The summed E-state index contributed by atoms with van der Waals surface area (Å²) in [7, 11) is 0.201. The molecule has 0 heterocycles. The lowest BCUT2D eigenvalue weighted by atomic mass is 10.4. The van der Waals surface area contributed by atoms with Crippen molar-refractivity contribution in [1.29, 1.82) is 0 Å². The molecule has 108 valence electrons. The van der Waals surface area contributed by atoms with Gasteiger partial charge in [0.15, 0.2) is 0 Å². The molecule has 0 atom stereocenters. The van der Waals surface area contributed by atoms with Crippen LogP contribution in [-0.4, -0.2) is 52.3 Å². The van der Waals surface area contributed by atoms with E-state index < -0.39 is 14.7 Å². The van der Waals surface area contributed by atoms with Crippen LogP contribution in [-0.2, 0) is 14.0 Å². The van der Waals surface area contributed by atoms with E-state index in [1.54, 1.807) is 20.5 Å². The predicted molar refractivity (Wildman–Crippen MR) is 73.5 cm³/mol. The second-order valence-corrected chi connectivity index (χ2v) is 6.28. The summed E-state index contributed by atoms with van der Waals surface area (Å²) in [6, 6.07) is 0.417. The van der Waals surface area contributed by atoms with Gasteiger partial charge in [0.05, 0.1) is 6.54 Å². The number of esters is 1. The lowest BCUT2D eigenvalue weighted by Gasteiger charge is -2.17. The number of urea groups is 1. The quantitative estimate of drug-likeness (QED) is 0.315. The summed E-state index contributed by atoms with van der Waals surface area (Å²) in [4.78, 5) is 24.2. The third-order valence-electron chi connectivity index (χ3n) is 2.33. The van der Waals surface area contributed by atoms with Gasteiger partial charge >= 0.3 is 12.0 Å². The second kappa shape index (κ2) is 9.43. The molecule has 2 amide bonds. The lowest BCUT2D eigenvalue weighted by Crippen LogP contribution is -2.39. The zero-order valence-electron chi connectivity index (χ0n) is 11.8. The van der Waals surface area contributed by atoms with E-state index in [4.69, 9.17) is 4.74 Å². The molecule has 0 aliphatic carbocycles. The summed E-state index contributed by atoms with van der Waals surface area (Å²) in [5, 5.41) is 2.63. The Hall–Kier alpha value is -1.50. The molecule has 6 nitrogen and oxygen atoms in total. The highest BCUT2D eigenvalue weighted by Gasteiger charge is 2.08. The molecule has 1 N–H and O–H groups in total. The smallest absolute Gasteiger partial charge is 0.333 e. The first-order valence-corrected chi connectivity index (χ1v) is 8.27. The van der Waals surface area contributed by atoms with E-state index in [2.05, 4.69) is 11.9 Å². The van der Waals surface area contributed by atoms with Crippen molar-refractivity contribution in [3.05, 3.63) is 12.2 Å². The molecule has 0 rings (SSSR count). The van der Waals surface area contributed by atoms with Gasteiger partial charge in [-0.1, -0.05) is 6.58 Å². The number of amides is 2. The van der Waals surface area contributed by atoms with E-state index in [1.165, 1.54) is 4.90 Å². The number of nitrogens with one attached hydrogen (secondary N) is 1. The van der Waals surface area contributed by atoms with Crippen molar-refractivity contribution in [2.24, 2.45) is 0 Å². The Morgan fingerprint density at radius 1 is 1.42 bits per heavy atom. The van der Waals surface area contributed by atoms with Crippen molar-refractivity contribution < 1.29 is 18.8 Å². The largest absolute Gasteiger partial charge is 0.460 e. The van der Waals surface area contributed by atoms with Gasteiger partial charge in [0.2, 0.25) is 0 Å². The zero-order chi connectivity index (χ0) is 14.8. The summed E-state index contributed by atoms with van der Waals surface area (Å²) < 4.78 is 15.8. The van der Waals surface area contributed by atoms with E-state index >= 15 is 0 Å². The van der Waals surface area contributed by atoms with Gasteiger partial charge in [-0.05, 0) is 25.9 Å². The normalized spacial score (nSPS) is 9.63. The molecule has 0 fully saturated rings. The van der Waals surface area contributed by atoms with Crippen molar-refractivity contribution in [1.82, 2.24) is 10.2 Å². The lowest BCUT2D eigenvalue weighted by molar-refractivity contribution is -0.138.